The Kier molecular flexibility index (Phi) is 6.09. The fourth-order valence-electron chi connectivity index (χ4n) is 2.00. The maximum atomic E-state index is 14.1. The molecule has 0 spiro atoms. The molecule has 1 N–H and O–H groups in total. The molecule has 0 radical (unpaired) electrons. The van der Waals surface area contributed by atoms with Crippen LogP contribution >= 0.6 is 23.2 Å². The fourth-order valence-corrected chi connectivity index (χ4v) is 2.61. The molecule has 0 atom stereocenters. The highest BCUT2D eigenvalue weighted by atomic mass is 35.5. The van der Waals surface area contributed by atoms with Crippen molar-refractivity contribution < 1.29 is 32.1 Å². The van der Waals surface area contributed by atoms with Crippen LogP contribution in [0, 0.1) is 15.9 Å². The Labute approximate surface area is 162 Å². The van der Waals surface area contributed by atoms with Crippen LogP contribution in [0.2, 0.25) is 10.0 Å². The van der Waals surface area contributed by atoms with E-state index in [-0.39, 0.29) is 6.07 Å². The van der Waals surface area contributed by atoms with Crippen LogP contribution in [0.3, 0.4) is 0 Å². The van der Waals surface area contributed by atoms with Crippen LogP contribution in [0.5, 0.6) is 0 Å². The summed E-state index contributed by atoms with van der Waals surface area (Å²) in [6.07, 6.45) is -3.83. The first-order valence-electron chi connectivity index (χ1n) is 6.84. The average molecular weight is 444 g/mol. The van der Waals surface area contributed by atoms with E-state index in [2.05, 4.69) is 15.1 Å². The summed E-state index contributed by atoms with van der Waals surface area (Å²) in [4.78, 5) is 26.2. The topological polar surface area (TPSA) is 112 Å². The van der Waals surface area contributed by atoms with E-state index < -0.39 is 55.6 Å². The van der Waals surface area contributed by atoms with Crippen molar-refractivity contribution in [2.75, 3.05) is 12.4 Å². The Balaban J connectivity index is 2.69. The lowest BCUT2D eigenvalue weighted by Crippen LogP contribution is -2.18. The van der Waals surface area contributed by atoms with Crippen molar-refractivity contribution in [3.63, 3.8) is 0 Å². The number of alkyl halides is 3. The molecule has 0 bridgehead atoms. The van der Waals surface area contributed by atoms with E-state index in [4.69, 9.17) is 23.2 Å². The predicted molar refractivity (Wildman–Crippen MR) is 89.3 cm³/mol. The summed E-state index contributed by atoms with van der Waals surface area (Å²) in [5.74, 6) is -3.54. The van der Waals surface area contributed by atoms with E-state index in [1.165, 1.54) is 0 Å². The summed E-state index contributed by atoms with van der Waals surface area (Å²) >= 11 is 11.5. The highest BCUT2D eigenvalue weighted by Crippen LogP contribution is 2.41. The van der Waals surface area contributed by atoms with Gasteiger partial charge in [-0.1, -0.05) is 28.4 Å². The number of anilines is 1. The van der Waals surface area contributed by atoms with E-state index >= 15 is 0 Å². The lowest BCUT2D eigenvalue weighted by atomic mass is 10.1. The number of hydrogen-bond acceptors (Lipinski definition) is 6. The monoisotopic (exact) mass is 443 g/mol. The molecule has 1 amide bonds. The van der Waals surface area contributed by atoms with Crippen LogP contribution in [0.4, 0.5) is 29.1 Å². The molecular formula is C13H7Cl2F4N5O4. The molecule has 28 heavy (non-hydrogen) atoms. The van der Waals surface area contributed by atoms with E-state index in [9.17, 15) is 32.5 Å². The van der Waals surface area contributed by atoms with Gasteiger partial charge in [0.05, 0.1) is 15.5 Å². The highest BCUT2D eigenvalue weighted by molar-refractivity contribution is 6.38. The molecule has 15 heteroatoms. The van der Waals surface area contributed by atoms with Gasteiger partial charge in [0.2, 0.25) is 5.82 Å². The van der Waals surface area contributed by atoms with Gasteiger partial charge in [0, 0.05) is 0 Å². The molecule has 0 fully saturated rings. The maximum Gasteiger partial charge on any atom is 0.419 e. The minimum absolute atomic E-state index is 0.240. The summed E-state index contributed by atoms with van der Waals surface area (Å²) in [5, 5.41) is 18.0. The molecule has 150 valence electrons. The number of amides is 1. The minimum atomic E-state index is -5.10. The Morgan fingerprint density at radius 1 is 1.46 bits per heavy atom. The van der Waals surface area contributed by atoms with Crippen molar-refractivity contribution in [1.82, 2.24) is 9.78 Å². The standard InChI is InChI=1S/C13H7Cl2F4N5O4/c1-28-21-4-8(25)22-12-7(24(26)27)3-20-23(12)11-6(14)2-5(13(17,18)19)10(16)9(11)15/h2-4H,1H3,(H,22,25). The van der Waals surface area contributed by atoms with Gasteiger partial charge in [0.25, 0.3) is 5.91 Å². The van der Waals surface area contributed by atoms with E-state index in [0.717, 1.165) is 7.11 Å². The lowest BCUT2D eigenvalue weighted by Gasteiger charge is -2.15. The van der Waals surface area contributed by atoms with Gasteiger partial charge >= 0.3 is 11.9 Å². The summed E-state index contributed by atoms with van der Waals surface area (Å²) in [6.45, 7) is 0. The van der Waals surface area contributed by atoms with Gasteiger partial charge in [-0.05, 0) is 6.07 Å². The molecule has 0 saturated heterocycles. The second-order valence-corrected chi connectivity index (χ2v) is 5.62. The number of nitrogens with one attached hydrogen (secondary N) is 1. The molecule has 0 saturated carbocycles. The number of aromatic nitrogens is 2. The van der Waals surface area contributed by atoms with E-state index in [0.29, 0.717) is 17.1 Å². The summed E-state index contributed by atoms with van der Waals surface area (Å²) in [6, 6.07) is 0.240. The average Bonchev–Trinajstić information content (AvgIpc) is 2.99. The molecule has 2 rings (SSSR count). The zero-order valence-corrected chi connectivity index (χ0v) is 14.9. The number of carbonyl (C=O) groups is 1. The second kappa shape index (κ2) is 7.98. The summed E-state index contributed by atoms with van der Waals surface area (Å²) in [7, 11) is 1.13. The third kappa shape index (κ3) is 4.14. The second-order valence-electron chi connectivity index (χ2n) is 4.83. The number of hydrogen-bond donors (Lipinski definition) is 1. The van der Waals surface area contributed by atoms with Crippen molar-refractivity contribution in [2.45, 2.75) is 6.18 Å². The molecule has 9 nitrogen and oxygen atoms in total. The zero-order valence-electron chi connectivity index (χ0n) is 13.4. The molecule has 1 aromatic carbocycles. The van der Waals surface area contributed by atoms with Crippen LogP contribution in [-0.4, -0.2) is 33.9 Å². The Bertz CT molecular complexity index is 977. The zero-order chi connectivity index (χ0) is 21.2. The van der Waals surface area contributed by atoms with Crippen molar-refractivity contribution in [2.24, 2.45) is 5.16 Å². The SMILES string of the molecule is CON=CC(=O)Nc1c([N+](=O)[O-])cnn1-c1c(Cl)cc(C(F)(F)F)c(F)c1Cl. The molecule has 0 aliphatic rings. The number of halogens is 6. The maximum absolute atomic E-state index is 14.1. The van der Waals surface area contributed by atoms with E-state index in [1.54, 1.807) is 0 Å². The molecule has 1 aromatic heterocycles. The van der Waals surface area contributed by atoms with Crippen molar-refractivity contribution in [1.29, 1.82) is 0 Å². The van der Waals surface area contributed by atoms with Gasteiger partial charge in [0.1, 0.15) is 30.2 Å². The van der Waals surface area contributed by atoms with Gasteiger partial charge in [-0.2, -0.15) is 18.3 Å². The van der Waals surface area contributed by atoms with E-state index in [1.807, 2.05) is 5.32 Å². The minimum Gasteiger partial charge on any atom is -0.399 e. The number of rotatable bonds is 5. The van der Waals surface area contributed by atoms with Gasteiger partial charge in [-0.3, -0.25) is 20.2 Å². The Hall–Kier alpha value is -2.93. The van der Waals surface area contributed by atoms with Crippen LogP contribution in [0.15, 0.2) is 17.4 Å². The van der Waals surface area contributed by atoms with Gasteiger partial charge in [0.15, 0.2) is 5.82 Å². The van der Waals surface area contributed by atoms with Crippen LogP contribution in [0.1, 0.15) is 5.56 Å². The van der Waals surface area contributed by atoms with Gasteiger partial charge in [-0.15, -0.1) is 0 Å². The first-order chi connectivity index (χ1) is 13.0. The van der Waals surface area contributed by atoms with Crippen molar-refractivity contribution in [3.8, 4) is 5.69 Å². The molecule has 0 unspecified atom stereocenters. The largest absolute Gasteiger partial charge is 0.419 e. The number of oxime groups is 1. The van der Waals surface area contributed by atoms with Crippen molar-refractivity contribution in [3.05, 3.63) is 43.8 Å². The smallest absolute Gasteiger partial charge is 0.399 e. The molecular weight excluding hydrogens is 437 g/mol. The van der Waals surface area contributed by atoms with Gasteiger partial charge in [-0.25, -0.2) is 9.07 Å². The number of nitro groups is 1. The number of carbonyl (C=O) groups excluding carboxylic acids is 1. The molecule has 0 aliphatic heterocycles. The first-order valence-corrected chi connectivity index (χ1v) is 7.59. The first kappa shape index (κ1) is 21.4. The summed E-state index contributed by atoms with van der Waals surface area (Å²) < 4.78 is 53.3. The fraction of sp³-hybridized carbons (Fsp3) is 0.154. The number of benzene rings is 1. The van der Waals surface area contributed by atoms with Crippen LogP contribution < -0.4 is 5.32 Å². The van der Waals surface area contributed by atoms with Gasteiger partial charge < -0.3 is 4.84 Å². The summed E-state index contributed by atoms with van der Waals surface area (Å²) in [5.41, 5.74) is -3.17. The third-order valence-corrected chi connectivity index (χ3v) is 3.75. The van der Waals surface area contributed by atoms with Crippen LogP contribution in [-0.2, 0) is 15.8 Å². The molecule has 1 heterocycles. The molecule has 2 aromatic rings. The Morgan fingerprint density at radius 2 is 2.11 bits per heavy atom. The van der Waals surface area contributed by atoms with Crippen LogP contribution in [0.25, 0.3) is 5.69 Å². The van der Waals surface area contributed by atoms with Crippen molar-refractivity contribution >= 4 is 46.8 Å². The third-order valence-electron chi connectivity index (χ3n) is 3.12. The quantitative estimate of drug-likeness (QED) is 0.248. The molecule has 0 aliphatic carbocycles. The number of nitrogens with zero attached hydrogens (tertiary/aromatic N) is 4. The Morgan fingerprint density at radius 3 is 2.64 bits per heavy atom. The normalized spacial score (nSPS) is 11.7. The lowest BCUT2D eigenvalue weighted by molar-refractivity contribution is -0.384. The predicted octanol–water partition coefficient (Wildman–Crippen LogP) is 3.82. The highest BCUT2D eigenvalue weighted by Gasteiger charge is 2.37.